The summed E-state index contributed by atoms with van der Waals surface area (Å²) in [4.78, 5) is 14.4. The lowest BCUT2D eigenvalue weighted by molar-refractivity contribution is -0.151. The highest BCUT2D eigenvalue weighted by atomic mass is 127. The fourth-order valence-electron chi connectivity index (χ4n) is 5.00. The molecular formula is C15H20INO4. The number of alkyl halides is 1. The number of ether oxygens (including phenoxy) is 3. The van der Waals surface area contributed by atoms with E-state index in [9.17, 15) is 4.79 Å². The van der Waals surface area contributed by atoms with Crippen LogP contribution in [0.4, 0.5) is 0 Å². The Morgan fingerprint density at radius 3 is 2.90 bits per heavy atom. The smallest absolute Gasteiger partial charge is 0.331 e. The van der Waals surface area contributed by atoms with Crippen molar-refractivity contribution in [2.24, 2.45) is 0 Å². The Morgan fingerprint density at radius 1 is 1.43 bits per heavy atom. The third-order valence-corrected chi connectivity index (χ3v) is 6.80. The second-order valence-corrected chi connectivity index (χ2v) is 7.92. The van der Waals surface area contributed by atoms with Gasteiger partial charge in [-0.25, -0.2) is 4.79 Å². The molecule has 21 heavy (non-hydrogen) atoms. The highest BCUT2D eigenvalue weighted by Gasteiger charge is 2.66. The molecule has 0 N–H and O–H groups in total. The SMILES string of the molecule is COC(OC)[C@H]1CC[C@H]2N1[C@@H]1C[C@@H](I)C3=CC(=O)O[C@@]32C1. The monoisotopic (exact) mass is 405 g/mol. The zero-order valence-electron chi connectivity index (χ0n) is 12.3. The molecule has 0 amide bonds. The van der Waals surface area contributed by atoms with Crippen molar-refractivity contribution in [1.82, 2.24) is 4.90 Å². The van der Waals surface area contributed by atoms with E-state index in [1.807, 2.05) is 0 Å². The fourth-order valence-corrected chi connectivity index (χ4v) is 6.29. The predicted molar refractivity (Wildman–Crippen MR) is 84.2 cm³/mol. The molecule has 3 heterocycles. The lowest BCUT2D eigenvalue weighted by atomic mass is 9.77. The number of hydrogen-bond donors (Lipinski definition) is 0. The zero-order chi connectivity index (χ0) is 14.8. The van der Waals surface area contributed by atoms with Crippen LogP contribution in [-0.2, 0) is 19.0 Å². The number of nitrogens with zero attached hydrogens (tertiary/aromatic N) is 1. The summed E-state index contributed by atoms with van der Waals surface area (Å²) in [5.41, 5.74) is 0.844. The molecule has 2 bridgehead atoms. The number of rotatable bonds is 3. The van der Waals surface area contributed by atoms with Gasteiger partial charge in [0.25, 0.3) is 0 Å². The van der Waals surface area contributed by atoms with Crippen LogP contribution in [-0.4, -0.2) is 59.0 Å². The minimum atomic E-state index is -0.368. The molecule has 3 aliphatic heterocycles. The second-order valence-electron chi connectivity index (χ2n) is 6.42. The maximum atomic E-state index is 11.9. The molecular weight excluding hydrogens is 385 g/mol. The van der Waals surface area contributed by atoms with Gasteiger partial charge in [-0.1, -0.05) is 22.6 Å². The van der Waals surface area contributed by atoms with Gasteiger partial charge in [-0.05, 0) is 24.8 Å². The molecule has 4 rings (SSSR count). The van der Waals surface area contributed by atoms with Crippen LogP contribution < -0.4 is 0 Å². The third-order valence-electron chi connectivity index (χ3n) is 5.62. The molecule has 0 aromatic heterocycles. The topological polar surface area (TPSA) is 48.0 Å². The molecule has 0 unspecified atom stereocenters. The highest BCUT2D eigenvalue weighted by molar-refractivity contribution is 14.1. The molecule has 0 aromatic carbocycles. The molecule has 5 nitrogen and oxygen atoms in total. The maximum absolute atomic E-state index is 11.9. The number of hydrogen-bond acceptors (Lipinski definition) is 5. The first-order chi connectivity index (χ1) is 10.1. The van der Waals surface area contributed by atoms with Gasteiger partial charge in [-0.3, -0.25) is 4.90 Å². The Hall–Kier alpha value is -0.180. The summed E-state index contributed by atoms with van der Waals surface area (Å²) < 4.78 is 17.3. The van der Waals surface area contributed by atoms with Gasteiger partial charge in [-0.2, -0.15) is 0 Å². The van der Waals surface area contributed by atoms with Gasteiger partial charge in [0, 0.05) is 36.7 Å². The van der Waals surface area contributed by atoms with Gasteiger partial charge in [0.1, 0.15) is 0 Å². The molecule has 5 atom stereocenters. The first-order valence-electron chi connectivity index (χ1n) is 7.53. The molecule has 1 spiro atoms. The normalized spacial score (nSPS) is 44.8. The average Bonchev–Trinajstić information content (AvgIpc) is 3.08. The van der Waals surface area contributed by atoms with Crippen LogP contribution in [0.5, 0.6) is 0 Å². The van der Waals surface area contributed by atoms with E-state index in [-0.39, 0.29) is 29.9 Å². The second kappa shape index (κ2) is 4.91. The van der Waals surface area contributed by atoms with E-state index in [1.165, 1.54) is 5.57 Å². The fraction of sp³-hybridized carbons (Fsp3) is 0.800. The van der Waals surface area contributed by atoms with Gasteiger partial charge < -0.3 is 14.2 Å². The van der Waals surface area contributed by atoms with Crippen molar-refractivity contribution in [2.45, 2.75) is 59.6 Å². The lowest BCUT2D eigenvalue weighted by Gasteiger charge is -2.35. The Bertz CT molecular complexity index is 506. The van der Waals surface area contributed by atoms with Gasteiger partial charge in [0.05, 0.1) is 12.1 Å². The van der Waals surface area contributed by atoms with Crippen LogP contribution >= 0.6 is 22.6 Å². The van der Waals surface area contributed by atoms with E-state index in [4.69, 9.17) is 14.2 Å². The van der Waals surface area contributed by atoms with Crippen LogP contribution in [0.3, 0.4) is 0 Å². The van der Waals surface area contributed by atoms with Crippen molar-refractivity contribution in [3.8, 4) is 0 Å². The zero-order valence-corrected chi connectivity index (χ0v) is 14.4. The van der Waals surface area contributed by atoms with E-state index in [0.717, 1.165) is 25.7 Å². The molecule has 1 saturated carbocycles. The third kappa shape index (κ3) is 1.82. The number of carbonyl (C=O) groups excluding carboxylic acids is 1. The van der Waals surface area contributed by atoms with Crippen molar-refractivity contribution >= 4 is 28.6 Å². The molecule has 3 fully saturated rings. The van der Waals surface area contributed by atoms with Crippen molar-refractivity contribution in [3.05, 3.63) is 11.6 Å². The standard InChI is InChI=1S/C15H20INO4/c1-19-14(20-2)11-3-4-12-15-7-8(17(11)12)5-10(16)9(15)6-13(18)21-15/h6,8,10-12,14H,3-5,7H2,1-2H3/t8-,10-,11-,12-,15+/m1/s1. The van der Waals surface area contributed by atoms with E-state index >= 15 is 0 Å². The molecule has 0 aromatic rings. The van der Waals surface area contributed by atoms with Crippen molar-refractivity contribution in [1.29, 1.82) is 0 Å². The van der Waals surface area contributed by atoms with Crippen LogP contribution in [0.15, 0.2) is 11.6 Å². The lowest BCUT2D eigenvalue weighted by Crippen LogP contribution is -2.48. The molecule has 6 heteroatoms. The van der Waals surface area contributed by atoms with Crippen molar-refractivity contribution in [2.75, 3.05) is 14.2 Å². The summed E-state index contributed by atoms with van der Waals surface area (Å²) >= 11 is 2.46. The maximum Gasteiger partial charge on any atom is 0.331 e. The quantitative estimate of drug-likeness (QED) is 0.309. The molecule has 4 aliphatic rings. The number of carbonyl (C=O) groups is 1. The summed E-state index contributed by atoms with van der Waals surface area (Å²) in [5, 5.41) is 0. The Kier molecular flexibility index (Phi) is 3.37. The Morgan fingerprint density at radius 2 is 2.19 bits per heavy atom. The minimum Gasteiger partial charge on any atom is -0.450 e. The summed E-state index contributed by atoms with van der Waals surface area (Å²) in [7, 11) is 3.40. The molecule has 0 radical (unpaired) electrons. The number of esters is 1. The summed E-state index contributed by atoms with van der Waals surface area (Å²) in [6.45, 7) is 0. The van der Waals surface area contributed by atoms with Crippen molar-refractivity contribution in [3.63, 3.8) is 0 Å². The van der Waals surface area contributed by atoms with Crippen LogP contribution in [0.25, 0.3) is 0 Å². The van der Waals surface area contributed by atoms with E-state index in [1.54, 1.807) is 20.3 Å². The van der Waals surface area contributed by atoms with E-state index in [0.29, 0.717) is 9.97 Å². The highest BCUT2D eigenvalue weighted by Crippen LogP contribution is 2.57. The summed E-state index contributed by atoms with van der Waals surface area (Å²) in [6, 6.07) is 1.01. The minimum absolute atomic E-state index is 0.160. The first-order valence-corrected chi connectivity index (χ1v) is 8.77. The number of methoxy groups -OCH3 is 2. The van der Waals surface area contributed by atoms with E-state index < -0.39 is 0 Å². The van der Waals surface area contributed by atoms with Gasteiger partial charge >= 0.3 is 5.97 Å². The van der Waals surface area contributed by atoms with Crippen LogP contribution in [0, 0.1) is 0 Å². The largest absolute Gasteiger partial charge is 0.450 e. The van der Waals surface area contributed by atoms with E-state index in [2.05, 4.69) is 27.5 Å². The van der Waals surface area contributed by atoms with Crippen LogP contribution in [0.1, 0.15) is 25.7 Å². The molecule has 2 saturated heterocycles. The van der Waals surface area contributed by atoms with Gasteiger partial charge in [-0.15, -0.1) is 0 Å². The van der Waals surface area contributed by atoms with Gasteiger partial charge in [0.2, 0.25) is 0 Å². The summed E-state index contributed by atoms with van der Waals surface area (Å²) in [5.74, 6) is -0.160. The number of halogens is 1. The van der Waals surface area contributed by atoms with Crippen LogP contribution in [0.2, 0.25) is 0 Å². The molecule has 1 aliphatic carbocycles. The number of fused-ring (bicyclic) bond motifs is 3. The Labute approximate surface area is 138 Å². The first kappa shape index (κ1) is 14.4. The average molecular weight is 405 g/mol. The molecule has 116 valence electrons. The van der Waals surface area contributed by atoms with Crippen molar-refractivity contribution < 1.29 is 19.0 Å². The van der Waals surface area contributed by atoms with Gasteiger partial charge in [0.15, 0.2) is 11.9 Å². The predicted octanol–water partition coefficient (Wildman–Crippen LogP) is 1.64. The Balaban J connectivity index is 1.71. The summed E-state index contributed by atoms with van der Waals surface area (Å²) in [6.07, 6.45) is 5.63.